The fourth-order valence-electron chi connectivity index (χ4n) is 2.41. The average Bonchev–Trinajstić information content (AvgIpc) is 2.64. The van der Waals surface area contributed by atoms with E-state index in [0.29, 0.717) is 23.4 Å². The van der Waals surface area contributed by atoms with Crippen LogP contribution in [0.25, 0.3) is 6.08 Å². The molecule has 0 aromatic heterocycles. The lowest BCUT2D eigenvalue weighted by Gasteiger charge is -2.06. The number of benzene rings is 2. The third kappa shape index (κ3) is 5.37. The lowest BCUT2D eigenvalue weighted by molar-refractivity contribution is -0.385. The predicted molar refractivity (Wildman–Crippen MR) is 104 cm³/mol. The van der Waals surface area contributed by atoms with E-state index in [-0.39, 0.29) is 17.1 Å². The number of anilines is 1. The molecule has 1 amide bonds. The summed E-state index contributed by atoms with van der Waals surface area (Å²) in [7, 11) is 0. The maximum Gasteiger partial charge on any atom is 0.311 e. The molecule has 0 saturated heterocycles. The van der Waals surface area contributed by atoms with Gasteiger partial charge < -0.3 is 10.1 Å². The molecule has 0 aliphatic carbocycles. The quantitative estimate of drug-likeness (QED) is 0.411. The summed E-state index contributed by atoms with van der Waals surface area (Å²) in [6, 6.07) is 8.66. The van der Waals surface area contributed by atoms with E-state index in [1.54, 1.807) is 13.0 Å². The topological polar surface area (TPSA) is 125 Å². The van der Waals surface area contributed by atoms with Gasteiger partial charge in [0, 0.05) is 29.5 Å². The summed E-state index contributed by atoms with van der Waals surface area (Å²) in [5, 5.41) is 24.6. The number of nitro groups is 2. The Hall–Kier alpha value is -3.75. The van der Waals surface area contributed by atoms with E-state index in [9.17, 15) is 25.0 Å². The van der Waals surface area contributed by atoms with E-state index >= 15 is 0 Å². The number of ether oxygens (including phenoxy) is 1. The molecule has 0 aliphatic heterocycles. The number of amides is 1. The molecule has 0 aliphatic rings. The zero-order chi connectivity index (χ0) is 20.7. The van der Waals surface area contributed by atoms with Crippen molar-refractivity contribution in [3.05, 3.63) is 73.8 Å². The zero-order valence-corrected chi connectivity index (χ0v) is 15.4. The molecule has 28 heavy (non-hydrogen) atoms. The van der Waals surface area contributed by atoms with Gasteiger partial charge in [-0.25, -0.2) is 0 Å². The summed E-state index contributed by atoms with van der Waals surface area (Å²) in [6.07, 6.45) is 3.38. The second kappa shape index (κ2) is 9.26. The monoisotopic (exact) mass is 385 g/mol. The standard InChI is InChI=1S/C19H19N3O6/c1-3-10-28-18-8-4-14(12-17(18)22(26)27)5-9-19(23)20-15-6-7-16(21(24)25)13(2)11-15/h4-9,11-12H,3,10H2,1-2H3,(H,20,23)/b9-5+. The van der Waals surface area contributed by atoms with Gasteiger partial charge in [0.25, 0.3) is 5.69 Å². The number of hydrogen-bond donors (Lipinski definition) is 1. The first kappa shape index (κ1) is 20.6. The molecule has 2 aromatic carbocycles. The molecule has 9 nitrogen and oxygen atoms in total. The molecule has 0 spiro atoms. The molecule has 2 rings (SSSR count). The van der Waals surface area contributed by atoms with Crippen LogP contribution in [0.4, 0.5) is 17.1 Å². The summed E-state index contributed by atoms with van der Waals surface area (Å²) in [5.74, 6) is -0.294. The molecule has 0 bridgehead atoms. The van der Waals surface area contributed by atoms with Crippen LogP contribution in [0.2, 0.25) is 0 Å². The minimum Gasteiger partial charge on any atom is -0.487 e. The third-order valence-electron chi connectivity index (χ3n) is 3.73. The molecular formula is C19H19N3O6. The second-order valence-corrected chi connectivity index (χ2v) is 5.91. The Labute approximate surface area is 160 Å². The van der Waals surface area contributed by atoms with Crippen LogP contribution in [-0.2, 0) is 4.79 Å². The van der Waals surface area contributed by atoms with Crippen molar-refractivity contribution >= 4 is 29.0 Å². The summed E-state index contributed by atoms with van der Waals surface area (Å²) >= 11 is 0. The van der Waals surface area contributed by atoms with Gasteiger partial charge in [0.15, 0.2) is 5.75 Å². The highest BCUT2D eigenvalue weighted by molar-refractivity contribution is 6.02. The average molecular weight is 385 g/mol. The maximum absolute atomic E-state index is 12.1. The maximum atomic E-state index is 12.1. The molecule has 146 valence electrons. The van der Waals surface area contributed by atoms with Crippen LogP contribution in [0.5, 0.6) is 5.75 Å². The van der Waals surface area contributed by atoms with Gasteiger partial charge in [-0.15, -0.1) is 0 Å². The SMILES string of the molecule is CCCOc1ccc(/C=C/C(=O)Nc2ccc([N+](=O)[O-])c(C)c2)cc1[N+](=O)[O-]. The Morgan fingerprint density at radius 2 is 1.82 bits per heavy atom. The number of carbonyl (C=O) groups excluding carboxylic acids is 1. The van der Waals surface area contributed by atoms with Gasteiger partial charge in [0.05, 0.1) is 16.5 Å². The Morgan fingerprint density at radius 1 is 1.11 bits per heavy atom. The summed E-state index contributed by atoms with van der Waals surface area (Å²) in [4.78, 5) is 33.0. The molecule has 0 saturated carbocycles. The van der Waals surface area contributed by atoms with E-state index in [2.05, 4.69) is 5.32 Å². The van der Waals surface area contributed by atoms with Gasteiger partial charge >= 0.3 is 5.69 Å². The summed E-state index contributed by atoms with van der Waals surface area (Å²) in [6.45, 7) is 3.84. The van der Waals surface area contributed by atoms with Crippen LogP contribution in [0.1, 0.15) is 24.5 Å². The number of rotatable bonds is 8. The highest BCUT2D eigenvalue weighted by Gasteiger charge is 2.15. The molecule has 0 atom stereocenters. The molecular weight excluding hydrogens is 366 g/mol. The van der Waals surface area contributed by atoms with Gasteiger partial charge in [-0.3, -0.25) is 25.0 Å². The van der Waals surface area contributed by atoms with Gasteiger partial charge in [-0.1, -0.05) is 13.0 Å². The normalized spacial score (nSPS) is 10.6. The Morgan fingerprint density at radius 3 is 2.43 bits per heavy atom. The van der Waals surface area contributed by atoms with Crippen molar-refractivity contribution in [1.82, 2.24) is 0 Å². The lowest BCUT2D eigenvalue weighted by atomic mass is 10.1. The second-order valence-electron chi connectivity index (χ2n) is 5.91. The number of carbonyl (C=O) groups is 1. The van der Waals surface area contributed by atoms with Crippen LogP contribution in [0.3, 0.4) is 0 Å². The molecule has 0 heterocycles. The molecule has 0 unspecified atom stereocenters. The van der Waals surface area contributed by atoms with E-state index in [4.69, 9.17) is 4.74 Å². The molecule has 2 aromatic rings. The molecule has 0 radical (unpaired) electrons. The molecule has 0 fully saturated rings. The van der Waals surface area contributed by atoms with Gasteiger partial charge in [-0.05, 0) is 43.2 Å². The number of aryl methyl sites for hydroxylation is 1. The number of nitro benzene ring substituents is 2. The van der Waals surface area contributed by atoms with Gasteiger partial charge in [-0.2, -0.15) is 0 Å². The predicted octanol–water partition coefficient (Wildman–Crippen LogP) is 4.25. The van der Waals surface area contributed by atoms with Crippen LogP contribution in [-0.4, -0.2) is 22.4 Å². The van der Waals surface area contributed by atoms with Crippen LogP contribution in [0.15, 0.2) is 42.5 Å². The van der Waals surface area contributed by atoms with Crippen molar-refractivity contribution in [1.29, 1.82) is 0 Å². The van der Waals surface area contributed by atoms with E-state index in [1.165, 1.54) is 42.5 Å². The zero-order valence-electron chi connectivity index (χ0n) is 15.4. The molecule has 9 heteroatoms. The van der Waals surface area contributed by atoms with Crippen LogP contribution in [0, 0.1) is 27.2 Å². The first-order chi connectivity index (χ1) is 13.3. The first-order valence-electron chi connectivity index (χ1n) is 8.47. The van der Waals surface area contributed by atoms with Gasteiger partial charge in [0.2, 0.25) is 5.91 Å². The van der Waals surface area contributed by atoms with Crippen LogP contribution < -0.4 is 10.1 Å². The minimum atomic E-state index is -0.540. The van der Waals surface area contributed by atoms with Crippen molar-refractivity contribution in [2.24, 2.45) is 0 Å². The van der Waals surface area contributed by atoms with Crippen molar-refractivity contribution in [3.8, 4) is 5.75 Å². The van der Waals surface area contributed by atoms with Crippen LogP contribution >= 0.6 is 0 Å². The summed E-state index contributed by atoms with van der Waals surface area (Å²) in [5.41, 5.74) is 1.08. The number of nitrogens with zero attached hydrogens (tertiary/aromatic N) is 2. The fraction of sp³-hybridized carbons (Fsp3) is 0.211. The van der Waals surface area contributed by atoms with Crippen molar-refractivity contribution in [2.75, 3.05) is 11.9 Å². The van der Waals surface area contributed by atoms with Gasteiger partial charge in [0.1, 0.15) is 0 Å². The van der Waals surface area contributed by atoms with E-state index < -0.39 is 15.8 Å². The smallest absolute Gasteiger partial charge is 0.311 e. The van der Waals surface area contributed by atoms with E-state index in [0.717, 1.165) is 6.42 Å². The largest absolute Gasteiger partial charge is 0.487 e. The first-order valence-corrected chi connectivity index (χ1v) is 8.47. The Balaban J connectivity index is 2.11. The highest BCUT2D eigenvalue weighted by Crippen LogP contribution is 2.28. The van der Waals surface area contributed by atoms with E-state index in [1.807, 2.05) is 6.92 Å². The highest BCUT2D eigenvalue weighted by atomic mass is 16.6. The fourth-order valence-corrected chi connectivity index (χ4v) is 2.41. The Kier molecular flexibility index (Phi) is 6.80. The summed E-state index contributed by atoms with van der Waals surface area (Å²) < 4.78 is 5.35. The third-order valence-corrected chi connectivity index (χ3v) is 3.73. The number of nitrogens with one attached hydrogen (secondary N) is 1. The van der Waals surface area contributed by atoms with Crippen molar-refractivity contribution < 1.29 is 19.4 Å². The molecule has 1 N–H and O–H groups in total. The minimum absolute atomic E-state index is 0.0359. The Bertz CT molecular complexity index is 939. The number of hydrogen-bond acceptors (Lipinski definition) is 6. The van der Waals surface area contributed by atoms with Crippen molar-refractivity contribution in [2.45, 2.75) is 20.3 Å². The lowest BCUT2D eigenvalue weighted by Crippen LogP contribution is -2.08. The van der Waals surface area contributed by atoms with Crippen molar-refractivity contribution in [3.63, 3.8) is 0 Å².